The van der Waals surface area contributed by atoms with Crippen LogP contribution in [0, 0.1) is 12.8 Å². The summed E-state index contributed by atoms with van der Waals surface area (Å²) in [7, 11) is 0. The van der Waals surface area contributed by atoms with Crippen LogP contribution in [0.25, 0.3) is 0 Å². The van der Waals surface area contributed by atoms with Gasteiger partial charge in [0.2, 0.25) is 0 Å². The molecule has 1 spiro atoms. The fourth-order valence-electron chi connectivity index (χ4n) is 8.41. The van der Waals surface area contributed by atoms with Crippen molar-refractivity contribution in [1.29, 1.82) is 0 Å². The number of nitrogens with zero attached hydrogens (tertiary/aromatic N) is 2. The molecule has 36 heavy (non-hydrogen) atoms. The number of likely N-dealkylation sites (tertiary alicyclic amines) is 1. The third-order valence-electron chi connectivity index (χ3n) is 10.4. The number of carbonyl (C=O) groups is 2. The lowest BCUT2D eigenvalue weighted by Crippen LogP contribution is -2.76. The predicted octanol–water partition coefficient (Wildman–Crippen LogP) is 3.34. The topological polar surface area (TPSA) is 90.3 Å². The summed E-state index contributed by atoms with van der Waals surface area (Å²) in [6.45, 7) is 5.96. The highest BCUT2D eigenvalue weighted by atomic mass is 16.5. The maximum Gasteiger partial charge on any atom is 0.257 e. The molecule has 3 aliphatic heterocycles. The van der Waals surface area contributed by atoms with E-state index in [4.69, 9.17) is 4.74 Å². The minimum atomic E-state index is -1.09. The second kappa shape index (κ2) is 7.57. The van der Waals surface area contributed by atoms with Gasteiger partial charge in [-0.15, -0.1) is 0 Å². The van der Waals surface area contributed by atoms with Crippen LogP contribution in [0.1, 0.15) is 75.8 Å². The molecule has 3 fully saturated rings. The van der Waals surface area contributed by atoms with E-state index in [0.29, 0.717) is 54.9 Å². The van der Waals surface area contributed by atoms with Crippen molar-refractivity contribution in [3.8, 4) is 11.5 Å². The Hall–Kier alpha value is -2.38. The van der Waals surface area contributed by atoms with E-state index < -0.39 is 23.2 Å². The number of aromatic hydroxyl groups is 1. The summed E-state index contributed by atoms with van der Waals surface area (Å²) in [5.41, 5.74) is 1.32. The van der Waals surface area contributed by atoms with Gasteiger partial charge in [0.1, 0.15) is 6.10 Å². The van der Waals surface area contributed by atoms with Gasteiger partial charge in [0.05, 0.1) is 17.1 Å². The van der Waals surface area contributed by atoms with Crippen LogP contribution in [0.5, 0.6) is 11.5 Å². The SMILES string of the molecule is Cc1ccc(O)c2c1[C@]13CCN(CC4CC4)[C@H](C)[C@]1(O)CC[C@@H](N1C(=O)C4=C(CCCC4)C1=O)[C@@H]3O2. The highest BCUT2D eigenvalue weighted by Gasteiger charge is 2.71. The molecule has 7 nitrogen and oxygen atoms in total. The second-order valence-corrected chi connectivity index (χ2v) is 12.2. The molecule has 1 aromatic carbocycles. The summed E-state index contributed by atoms with van der Waals surface area (Å²) in [5, 5.41) is 23.6. The second-order valence-electron chi connectivity index (χ2n) is 12.2. The highest BCUT2D eigenvalue weighted by molar-refractivity contribution is 6.19. The lowest BCUT2D eigenvalue weighted by molar-refractivity contribution is -0.193. The monoisotopic (exact) mass is 492 g/mol. The highest BCUT2D eigenvalue weighted by Crippen LogP contribution is 2.63. The van der Waals surface area contributed by atoms with Gasteiger partial charge in [-0.3, -0.25) is 19.4 Å². The first kappa shape index (κ1) is 22.8. The predicted molar refractivity (Wildman–Crippen MR) is 133 cm³/mol. The average molecular weight is 493 g/mol. The molecule has 0 unspecified atom stereocenters. The van der Waals surface area contributed by atoms with Crippen LogP contribution in [-0.4, -0.2) is 68.7 Å². The zero-order valence-electron chi connectivity index (χ0n) is 21.3. The number of aliphatic hydroxyl groups is 1. The molecular weight excluding hydrogens is 456 g/mol. The van der Waals surface area contributed by atoms with Gasteiger partial charge >= 0.3 is 0 Å². The van der Waals surface area contributed by atoms with Crippen LogP contribution in [0.15, 0.2) is 23.3 Å². The van der Waals surface area contributed by atoms with Gasteiger partial charge in [-0.25, -0.2) is 0 Å². The van der Waals surface area contributed by atoms with Crippen molar-refractivity contribution in [2.24, 2.45) is 5.92 Å². The summed E-state index contributed by atoms with van der Waals surface area (Å²) < 4.78 is 6.61. The first-order valence-electron chi connectivity index (χ1n) is 13.8. The fourth-order valence-corrected chi connectivity index (χ4v) is 8.41. The lowest BCUT2D eigenvalue weighted by Gasteiger charge is -2.62. The number of fused-ring (bicyclic) bond motifs is 1. The number of imide groups is 1. The van der Waals surface area contributed by atoms with E-state index in [0.717, 1.165) is 37.1 Å². The zero-order valence-corrected chi connectivity index (χ0v) is 21.3. The Bertz CT molecular complexity index is 1180. The molecule has 7 heteroatoms. The summed E-state index contributed by atoms with van der Waals surface area (Å²) in [6.07, 6.45) is 6.78. The molecule has 192 valence electrons. The van der Waals surface area contributed by atoms with Crippen molar-refractivity contribution in [3.05, 3.63) is 34.4 Å². The molecule has 6 aliphatic rings. The summed E-state index contributed by atoms with van der Waals surface area (Å²) in [5.74, 6) is 0.863. The summed E-state index contributed by atoms with van der Waals surface area (Å²) in [4.78, 5) is 31.1. The molecule has 5 atom stereocenters. The van der Waals surface area contributed by atoms with Crippen molar-refractivity contribution in [2.75, 3.05) is 13.1 Å². The summed E-state index contributed by atoms with van der Waals surface area (Å²) in [6, 6.07) is 2.98. The Labute approximate surface area is 212 Å². The van der Waals surface area contributed by atoms with E-state index in [-0.39, 0.29) is 23.6 Å². The molecule has 2 amide bonds. The van der Waals surface area contributed by atoms with Gasteiger partial charge in [0.25, 0.3) is 11.8 Å². The molecule has 2 saturated carbocycles. The van der Waals surface area contributed by atoms with E-state index in [1.165, 1.54) is 17.7 Å². The van der Waals surface area contributed by atoms with E-state index in [9.17, 15) is 19.8 Å². The number of phenolic OH excluding ortho intramolecular Hbond substituents is 1. The summed E-state index contributed by atoms with van der Waals surface area (Å²) >= 11 is 0. The lowest BCUT2D eigenvalue weighted by atomic mass is 9.51. The largest absolute Gasteiger partial charge is 0.504 e. The number of carbonyl (C=O) groups excluding carboxylic acids is 2. The van der Waals surface area contributed by atoms with Gasteiger partial charge in [-0.1, -0.05) is 6.07 Å². The van der Waals surface area contributed by atoms with Crippen LogP contribution in [0.3, 0.4) is 0 Å². The Morgan fingerprint density at radius 1 is 1.06 bits per heavy atom. The Morgan fingerprint density at radius 2 is 1.75 bits per heavy atom. The Balaban J connectivity index is 1.34. The van der Waals surface area contributed by atoms with Crippen molar-refractivity contribution in [2.45, 2.75) is 101 Å². The molecule has 2 N–H and O–H groups in total. The quantitative estimate of drug-likeness (QED) is 0.629. The molecule has 7 rings (SSSR count). The number of aryl methyl sites for hydroxylation is 1. The van der Waals surface area contributed by atoms with Gasteiger partial charge in [-0.2, -0.15) is 0 Å². The molecule has 1 aromatic rings. The number of hydrogen-bond acceptors (Lipinski definition) is 6. The van der Waals surface area contributed by atoms with Crippen LogP contribution >= 0.6 is 0 Å². The van der Waals surface area contributed by atoms with E-state index in [1.807, 2.05) is 13.0 Å². The van der Waals surface area contributed by atoms with Crippen molar-refractivity contribution >= 4 is 11.8 Å². The number of benzene rings is 1. The van der Waals surface area contributed by atoms with Gasteiger partial charge in [-0.05, 0) is 95.7 Å². The minimum Gasteiger partial charge on any atom is -0.504 e. The minimum absolute atomic E-state index is 0.0602. The number of piperidine rings is 1. The Morgan fingerprint density at radius 3 is 2.42 bits per heavy atom. The van der Waals surface area contributed by atoms with E-state index >= 15 is 0 Å². The molecule has 0 bridgehead atoms. The molecule has 1 saturated heterocycles. The van der Waals surface area contributed by atoms with Crippen molar-refractivity contribution < 1.29 is 24.5 Å². The maximum absolute atomic E-state index is 13.6. The van der Waals surface area contributed by atoms with Gasteiger partial charge < -0.3 is 14.9 Å². The molecular formula is C29H36N2O5. The average Bonchev–Trinajstić information content (AvgIpc) is 3.56. The van der Waals surface area contributed by atoms with Gasteiger partial charge in [0.15, 0.2) is 11.5 Å². The van der Waals surface area contributed by atoms with Crippen molar-refractivity contribution in [1.82, 2.24) is 9.80 Å². The number of ether oxygens (including phenoxy) is 1. The fraction of sp³-hybridized carbons (Fsp3) is 0.655. The van der Waals surface area contributed by atoms with Crippen LogP contribution in [-0.2, 0) is 15.0 Å². The standard InChI is InChI=1S/C29H36N2O5/c1-16-7-10-22(32)24-23(16)28-13-14-30(15-18-8-9-18)17(2)29(28,35)12-11-21(25(28)36-24)31-26(33)19-5-3-4-6-20(19)27(31)34/h7,10,17-18,21,25,32,35H,3-6,8-9,11-15H2,1-2H3/t17-,21-,25+,28+,29-/m1/s1. The first-order valence-corrected chi connectivity index (χ1v) is 13.8. The number of phenols is 1. The first-order chi connectivity index (χ1) is 17.3. The third-order valence-corrected chi connectivity index (χ3v) is 10.4. The van der Waals surface area contributed by atoms with Crippen LogP contribution in [0.4, 0.5) is 0 Å². The zero-order chi connectivity index (χ0) is 25.0. The number of rotatable bonds is 3. The van der Waals surface area contributed by atoms with E-state index in [2.05, 4.69) is 11.8 Å². The van der Waals surface area contributed by atoms with E-state index in [1.54, 1.807) is 6.07 Å². The third kappa shape index (κ3) is 2.76. The van der Waals surface area contributed by atoms with Crippen LogP contribution in [0.2, 0.25) is 0 Å². The van der Waals surface area contributed by atoms with Gasteiger partial charge in [0, 0.05) is 29.3 Å². The number of hydrogen-bond donors (Lipinski definition) is 2. The molecule has 3 heterocycles. The molecule has 0 aromatic heterocycles. The number of amides is 2. The molecule has 0 radical (unpaired) electrons. The Kier molecular flexibility index (Phi) is 4.79. The smallest absolute Gasteiger partial charge is 0.257 e. The van der Waals surface area contributed by atoms with Crippen molar-refractivity contribution in [3.63, 3.8) is 0 Å². The van der Waals surface area contributed by atoms with Crippen LogP contribution < -0.4 is 4.74 Å². The molecule has 3 aliphatic carbocycles. The normalized spacial score (nSPS) is 38.0. The maximum atomic E-state index is 13.6.